The monoisotopic (exact) mass is 553 g/mol. The smallest absolute Gasteiger partial charge is 0.408 e. The Labute approximate surface area is 237 Å². The zero-order valence-corrected chi connectivity index (χ0v) is 24.7. The number of benzene rings is 2. The number of terminal acetylenes is 1. The molecule has 2 aromatic rings. The molecule has 39 heavy (non-hydrogen) atoms. The lowest BCUT2D eigenvalue weighted by Crippen LogP contribution is -2.53. The Bertz CT molecular complexity index is 1180. The number of para-hydroxylation sites is 1. The summed E-state index contributed by atoms with van der Waals surface area (Å²) in [6, 6.07) is 10.4. The molecule has 2 atom stereocenters. The van der Waals surface area contributed by atoms with E-state index in [0.29, 0.717) is 34.7 Å². The van der Waals surface area contributed by atoms with Gasteiger partial charge in [-0.2, -0.15) is 0 Å². The summed E-state index contributed by atoms with van der Waals surface area (Å²) < 4.78 is 5.43. The van der Waals surface area contributed by atoms with Crippen molar-refractivity contribution in [1.29, 1.82) is 0 Å². The van der Waals surface area contributed by atoms with Crippen LogP contribution < -0.4 is 10.6 Å². The van der Waals surface area contributed by atoms with Crippen molar-refractivity contribution in [2.75, 3.05) is 11.9 Å². The molecule has 0 aromatic heterocycles. The van der Waals surface area contributed by atoms with Crippen LogP contribution in [0.4, 0.5) is 10.5 Å². The lowest BCUT2D eigenvalue weighted by Gasteiger charge is -2.35. The molecule has 0 heterocycles. The highest BCUT2D eigenvalue weighted by molar-refractivity contribution is 6.34. The van der Waals surface area contributed by atoms with Crippen molar-refractivity contribution < 1.29 is 19.1 Å². The molecule has 8 heteroatoms. The van der Waals surface area contributed by atoms with Gasteiger partial charge < -0.3 is 20.3 Å². The number of carbonyl (C=O) groups excluding carboxylic acids is 3. The standard InChI is InChI=1S/C31H40ClN3O4/c1-9-18-35(29(37)25(19-20(3)4)33-30(38)39-31(6,7)8)27(23-16-14-22(10-2)15-17-23)28(36)34-26-21(5)12-11-13-24(26)32/h2,11-17,20,25,27H,9,18-19H2,1,3-8H3,(H,33,38)(H,34,36). The van der Waals surface area contributed by atoms with Gasteiger partial charge in [0.25, 0.3) is 5.91 Å². The molecule has 0 aliphatic rings. The Hall–Kier alpha value is -3.50. The highest BCUT2D eigenvalue weighted by atomic mass is 35.5. The minimum absolute atomic E-state index is 0.0883. The van der Waals surface area contributed by atoms with Crippen LogP contribution in [0.15, 0.2) is 42.5 Å². The minimum atomic E-state index is -1.00. The Morgan fingerprint density at radius 1 is 1.10 bits per heavy atom. The third-order valence-corrected chi connectivity index (χ3v) is 6.18. The van der Waals surface area contributed by atoms with E-state index in [2.05, 4.69) is 16.6 Å². The number of anilines is 1. The molecule has 2 rings (SSSR count). The summed E-state index contributed by atoms with van der Waals surface area (Å²) in [6.07, 6.45) is 5.81. The quantitative estimate of drug-likeness (QED) is 0.329. The SMILES string of the molecule is C#Cc1ccc(C(C(=O)Nc2c(C)cccc2Cl)N(CCC)C(=O)C(CC(C)C)NC(=O)OC(C)(C)C)cc1. The maximum atomic E-state index is 14.1. The van der Waals surface area contributed by atoms with E-state index in [1.54, 1.807) is 57.2 Å². The fraction of sp³-hybridized carbons (Fsp3) is 0.452. The number of ether oxygens (including phenoxy) is 1. The van der Waals surface area contributed by atoms with Crippen LogP contribution >= 0.6 is 11.6 Å². The number of nitrogens with one attached hydrogen (secondary N) is 2. The zero-order chi connectivity index (χ0) is 29.3. The fourth-order valence-electron chi connectivity index (χ4n) is 4.17. The van der Waals surface area contributed by atoms with Crippen molar-refractivity contribution in [2.24, 2.45) is 5.92 Å². The normalized spacial score (nSPS) is 12.7. The first-order valence-corrected chi connectivity index (χ1v) is 13.6. The summed E-state index contributed by atoms with van der Waals surface area (Å²) in [6.45, 7) is 13.2. The molecule has 0 bridgehead atoms. The second-order valence-corrected chi connectivity index (χ2v) is 11.4. The lowest BCUT2D eigenvalue weighted by molar-refractivity contribution is -0.141. The van der Waals surface area contributed by atoms with Crippen LogP contribution in [0.3, 0.4) is 0 Å². The van der Waals surface area contributed by atoms with E-state index in [0.717, 1.165) is 5.56 Å². The molecule has 7 nitrogen and oxygen atoms in total. The molecule has 210 valence electrons. The Balaban J connectivity index is 2.56. The van der Waals surface area contributed by atoms with Gasteiger partial charge in [0.2, 0.25) is 5.91 Å². The average Bonchev–Trinajstić information content (AvgIpc) is 2.84. The maximum absolute atomic E-state index is 14.1. The molecule has 2 N–H and O–H groups in total. The summed E-state index contributed by atoms with van der Waals surface area (Å²) in [5, 5.41) is 6.07. The van der Waals surface area contributed by atoms with Crippen LogP contribution in [-0.2, 0) is 14.3 Å². The van der Waals surface area contributed by atoms with Crippen molar-refractivity contribution in [1.82, 2.24) is 10.2 Å². The van der Waals surface area contributed by atoms with E-state index in [-0.39, 0.29) is 18.4 Å². The number of nitrogens with zero attached hydrogens (tertiary/aromatic N) is 1. The molecule has 0 spiro atoms. The van der Waals surface area contributed by atoms with Gasteiger partial charge in [-0.25, -0.2) is 4.79 Å². The van der Waals surface area contributed by atoms with E-state index in [1.165, 1.54) is 4.90 Å². The Morgan fingerprint density at radius 2 is 1.74 bits per heavy atom. The summed E-state index contributed by atoms with van der Waals surface area (Å²) in [5.74, 6) is 1.85. The summed E-state index contributed by atoms with van der Waals surface area (Å²) in [4.78, 5) is 42.2. The minimum Gasteiger partial charge on any atom is -0.444 e. The molecule has 3 amide bonds. The summed E-state index contributed by atoms with van der Waals surface area (Å²) in [7, 11) is 0. The van der Waals surface area contributed by atoms with Gasteiger partial charge in [-0.1, -0.05) is 62.6 Å². The molecule has 0 saturated carbocycles. The van der Waals surface area contributed by atoms with Gasteiger partial charge in [-0.15, -0.1) is 6.42 Å². The first-order valence-electron chi connectivity index (χ1n) is 13.2. The van der Waals surface area contributed by atoms with Crippen LogP contribution in [0.2, 0.25) is 5.02 Å². The van der Waals surface area contributed by atoms with E-state index >= 15 is 0 Å². The van der Waals surface area contributed by atoms with Crippen molar-refractivity contribution >= 4 is 35.2 Å². The van der Waals surface area contributed by atoms with E-state index in [9.17, 15) is 14.4 Å². The third-order valence-electron chi connectivity index (χ3n) is 5.87. The van der Waals surface area contributed by atoms with Crippen LogP contribution in [0.1, 0.15) is 77.1 Å². The number of rotatable bonds is 10. The summed E-state index contributed by atoms with van der Waals surface area (Å²) in [5.41, 5.74) is 1.77. The van der Waals surface area contributed by atoms with Crippen molar-refractivity contribution in [3.8, 4) is 12.3 Å². The van der Waals surface area contributed by atoms with Gasteiger partial charge in [-0.05, 0) is 75.8 Å². The van der Waals surface area contributed by atoms with Gasteiger partial charge in [0.15, 0.2) is 0 Å². The largest absolute Gasteiger partial charge is 0.444 e. The van der Waals surface area contributed by atoms with Crippen LogP contribution in [-0.4, -0.2) is 41.0 Å². The molecule has 0 saturated heterocycles. The second kappa shape index (κ2) is 14.0. The predicted octanol–water partition coefficient (Wildman–Crippen LogP) is 6.49. The van der Waals surface area contributed by atoms with Gasteiger partial charge >= 0.3 is 6.09 Å². The number of amides is 3. The van der Waals surface area contributed by atoms with Gasteiger partial charge in [0.05, 0.1) is 10.7 Å². The number of alkyl carbamates (subject to hydrolysis) is 1. The van der Waals surface area contributed by atoms with Crippen LogP contribution in [0, 0.1) is 25.2 Å². The van der Waals surface area contributed by atoms with E-state index < -0.39 is 29.7 Å². The second-order valence-electron chi connectivity index (χ2n) is 10.9. The van der Waals surface area contributed by atoms with Crippen LogP contribution in [0.5, 0.6) is 0 Å². The number of halogens is 1. The van der Waals surface area contributed by atoms with Crippen LogP contribution in [0.25, 0.3) is 0 Å². The molecule has 0 aliphatic carbocycles. The maximum Gasteiger partial charge on any atom is 0.408 e. The zero-order valence-electron chi connectivity index (χ0n) is 23.9. The van der Waals surface area contributed by atoms with Crippen molar-refractivity contribution in [3.63, 3.8) is 0 Å². The molecule has 0 fully saturated rings. The first-order chi connectivity index (χ1) is 18.3. The number of hydrogen-bond acceptors (Lipinski definition) is 4. The molecule has 2 unspecified atom stereocenters. The molecule has 2 aromatic carbocycles. The Morgan fingerprint density at radius 3 is 2.26 bits per heavy atom. The average molecular weight is 554 g/mol. The Kier molecular flexibility index (Phi) is 11.4. The fourth-order valence-corrected chi connectivity index (χ4v) is 4.44. The molecular weight excluding hydrogens is 514 g/mol. The van der Waals surface area contributed by atoms with E-state index in [1.807, 2.05) is 33.8 Å². The predicted molar refractivity (Wildman–Crippen MR) is 157 cm³/mol. The van der Waals surface area contributed by atoms with E-state index in [4.69, 9.17) is 22.8 Å². The first kappa shape index (κ1) is 31.7. The van der Waals surface area contributed by atoms with Crippen molar-refractivity contribution in [3.05, 3.63) is 64.2 Å². The molecule has 0 radical (unpaired) electrons. The molecule has 0 aliphatic heterocycles. The lowest BCUT2D eigenvalue weighted by atomic mass is 9.98. The number of carbonyl (C=O) groups is 3. The highest BCUT2D eigenvalue weighted by Gasteiger charge is 2.36. The third kappa shape index (κ3) is 9.33. The van der Waals surface area contributed by atoms with Crippen molar-refractivity contribution in [2.45, 2.75) is 79.0 Å². The topological polar surface area (TPSA) is 87.7 Å². The summed E-state index contributed by atoms with van der Waals surface area (Å²) >= 11 is 6.41. The van der Waals surface area contributed by atoms with Gasteiger partial charge in [0.1, 0.15) is 17.7 Å². The van der Waals surface area contributed by atoms with Gasteiger partial charge in [-0.3, -0.25) is 9.59 Å². The number of hydrogen-bond donors (Lipinski definition) is 2. The van der Waals surface area contributed by atoms with Gasteiger partial charge in [0, 0.05) is 12.1 Å². The number of aryl methyl sites for hydroxylation is 1. The molecular formula is C31H40ClN3O4. The highest BCUT2D eigenvalue weighted by Crippen LogP contribution is 2.30.